The predicted molar refractivity (Wildman–Crippen MR) is 109 cm³/mol. The molecule has 0 bridgehead atoms. The van der Waals surface area contributed by atoms with Gasteiger partial charge in [-0.25, -0.2) is 0 Å². The number of H-pyrrole nitrogens is 1. The number of tetrazole rings is 1. The van der Waals surface area contributed by atoms with Gasteiger partial charge in [-0.1, -0.05) is 30.5 Å². The lowest BCUT2D eigenvalue weighted by atomic mass is 9.90. The average molecular weight is 398 g/mol. The van der Waals surface area contributed by atoms with Crippen molar-refractivity contribution in [3.05, 3.63) is 35.9 Å². The Hall–Kier alpha value is -2.35. The van der Waals surface area contributed by atoms with Crippen molar-refractivity contribution < 1.29 is 4.79 Å². The standard InChI is InChI=1S/C21H31N7O/c29-21(12-20-23-25-26-24-20)28(14-17-6-4-10-22-13-17)16-18-7-5-11-27(15-18)19-8-2-1-3-9-19/h4,6,10,13,18-19H,1-3,5,7-9,11-12,14-16H2,(H,23,24,25,26). The van der Waals surface area contributed by atoms with E-state index in [4.69, 9.17) is 0 Å². The zero-order valence-electron chi connectivity index (χ0n) is 17.0. The Bertz CT molecular complexity index is 746. The molecule has 1 saturated heterocycles. The fourth-order valence-corrected chi connectivity index (χ4v) is 4.81. The molecule has 0 aromatic carbocycles. The highest BCUT2D eigenvalue weighted by atomic mass is 16.2. The summed E-state index contributed by atoms with van der Waals surface area (Å²) >= 11 is 0. The van der Waals surface area contributed by atoms with Crippen molar-refractivity contribution in [3.63, 3.8) is 0 Å². The van der Waals surface area contributed by atoms with Crippen LogP contribution in [0.2, 0.25) is 0 Å². The molecule has 29 heavy (non-hydrogen) atoms. The van der Waals surface area contributed by atoms with E-state index in [1.165, 1.54) is 51.5 Å². The number of piperidine rings is 1. The molecule has 156 valence electrons. The van der Waals surface area contributed by atoms with Gasteiger partial charge in [0.25, 0.3) is 0 Å². The van der Waals surface area contributed by atoms with Gasteiger partial charge in [0.05, 0.1) is 6.42 Å². The molecular weight excluding hydrogens is 366 g/mol. The molecule has 2 fully saturated rings. The van der Waals surface area contributed by atoms with E-state index in [1.807, 2.05) is 23.2 Å². The molecule has 2 aromatic heterocycles. The van der Waals surface area contributed by atoms with Crippen molar-refractivity contribution in [1.29, 1.82) is 0 Å². The molecule has 1 N–H and O–H groups in total. The lowest BCUT2D eigenvalue weighted by molar-refractivity contribution is -0.132. The van der Waals surface area contributed by atoms with Crippen LogP contribution in [0.15, 0.2) is 24.5 Å². The number of pyridine rings is 1. The Morgan fingerprint density at radius 3 is 2.86 bits per heavy atom. The molecular formula is C21H31N7O. The maximum Gasteiger partial charge on any atom is 0.230 e. The summed E-state index contributed by atoms with van der Waals surface area (Å²) in [5.74, 6) is 1.00. The van der Waals surface area contributed by atoms with Gasteiger partial charge in [0.15, 0.2) is 5.82 Å². The second-order valence-electron chi connectivity index (χ2n) is 8.44. The number of carbonyl (C=O) groups excluding carboxylic acids is 1. The average Bonchev–Trinajstić information content (AvgIpc) is 3.28. The lowest BCUT2D eigenvalue weighted by Gasteiger charge is -2.41. The van der Waals surface area contributed by atoms with Crippen molar-refractivity contribution in [2.45, 2.75) is 64.0 Å². The summed E-state index contributed by atoms with van der Waals surface area (Å²) in [6.45, 7) is 3.66. The van der Waals surface area contributed by atoms with Crippen LogP contribution < -0.4 is 0 Å². The van der Waals surface area contributed by atoms with E-state index in [1.54, 1.807) is 6.20 Å². The molecule has 1 atom stereocenters. The SMILES string of the molecule is O=C(Cc1nn[nH]n1)N(Cc1cccnc1)CC1CCCN(C2CCCCC2)C1. The maximum absolute atomic E-state index is 13.0. The maximum atomic E-state index is 13.0. The first-order chi connectivity index (χ1) is 14.3. The van der Waals surface area contributed by atoms with Crippen LogP contribution in [0.4, 0.5) is 0 Å². The van der Waals surface area contributed by atoms with E-state index >= 15 is 0 Å². The molecule has 4 rings (SSSR count). The molecule has 8 heteroatoms. The number of carbonyl (C=O) groups is 1. The van der Waals surface area contributed by atoms with Crippen molar-refractivity contribution >= 4 is 5.91 Å². The van der Waals surface area contributed by atoms with Gasteiger partial charge in [-0.05, 0) is 49.8 Å². The van der Waals surface area contributed by atoms with Crippen LogP contribution >= 0.6 is 0 Å². The molecule has 0 radical (unpaired) electrons. The number of aromatic amines is 1. The third-order valence-corrected chi connectivity index (χ3v) is 6.27. The highest BCUT2D eigenvalue weighted by Gasteiger charge is 2.29. The minimum atomic E-state index is 0.0463. The first kappa shape index (κ1) is 19.9. The Balaban J connectivity index is 1.41. The van der Waals surface area contributed by atoms with Crippen molar-refractivity contribution in [3.8, 4) is 0 Å². The lowest BCUT2D eigenvalue weighted by Crippen LogP contribution is -2.47. The third kappa shape index (κ3) is 5.59. The number of likely N-dealkylation sites (tertiary alicyclic amines) is 1. The molecule has 1 aliphatic carbocycles. The summed E-state index contributed by atoms with van der Waals surface area (Å²) in [5.41, 5.74) is 1.05. The third-order valence-electron chi connectivity index (χ3n) is 6.27. The molecule has 2 aliphatic rings. The summed E-state index contributed by atoms with van der Waals surface area (Å²) in [6.07, 6.45) is 13.0. The van der Waals surface area contributed by atoms with Crippen LogP contribution in [0, 0.1) is 5.92 Å². The molecule has 3 heterocycles. The molecule has 1 saturated carbocycles. The van der Waals surface area contributed by atoms with Crippen molar-refractivity contribution in [1.82, 2.24) is 35.4 Å². The first-order valence-corrected chi connectivity index (χ1v) is 10.9. The minimum Gasteiger partial charge on any atom is -0.338 e. The number of hydrogen-bond acceptors (Lipinski definition) is 6. The fraction of sp³-hybridized carbons (Fsp3) is 0.667. The minimum absolute atomic E-state index is 0.0463. The highest BCUT2D eigenvalue weighted by molar-refractivity contribution is 5.77. The Morgan fingerprint density at radius 2 is 2.10 bits per heavy atom. The second kappa shape index (κ2) is 9.91. The number of aromatic nitrogens is 5. The smallest absolute Gasteiger partial charge is 0.230 e. The van der Waals surface area contributed by atoms with Gasteiger partial charge in [-0.3, -0.25) is 9.78 Å². The van der Waals surface area contributed by atoms with Crippen LogP contribution in [-0.4, -0.2) is 67.0 Å². The Morgan fingerprint density at radius 1 is 1.21 bits per heavy atom. The van der Waals surface area contributed by atoms with Crippen LogP contribution in [0.1, 0.15) is 56.3 Å². The number of rotatable bonds is 7. The van der Waals surface area contributed by atoms with Crippen LogP contribution in [0.25, 0.3) is 0 Å². The molecule has 2 aromatic rings. The van der Waals surface area contributed by atoms with Gasteiger partial charge in [-0.15, -0.1) is 10.2 Å². The summed E-state index contributed by atoms with van der Waals surface area (Å²) in [5, 5.41) is 13.9. The number of amides is 1. The van der Waals surface area contributed by atoms with Crippen LogP contribution in [0.5, 0.6) is 0 Å². The van der Waals surface area contributed by atoms with Crippen LogP contribution in [0.3, 0.4) is 0 Å². The van der Waals surface area contributed by atoms with E-state index in [-0.39, 0.29) is 12.3 Å². The van der Waals surface area contributed by atoms with Gasteiger partial charge >= 0.3 is 0 Å². The summed E-state index contributed by atoms with van der Waals surface area (Å²) in [6, 6.07) is 4.69. The molecule has 1 unspecified atom stereocenters. The van der Waals surface area contributed by atoms with Crippen molar-refractivity contribution in [2.24, 2.45) is 5.92 Å². The van der Waals surface area contributed by atoms with Gasteiger partial charge < -0.3 is 9.80 Å². The molecule has 1 aliphatic heterocycles. The molecule has 8 nitrogen and oxygen atoms in total. The highest BCUT2D eigenvalue weighted by Crippen LogP contribution is 2.27. The van der Waals surface area contributed by atoms with Crippen LogP contribution in [-0.2, 0) is 17.8 Å². The number of nitrogens with zero attached hydrogens (tertiary/aromatic N) is 6. The predicted octanol–water partition coefficient (Wildman–Crippen LogP) is 2.21. The summed E-state index contributed by atoms with van der Waals surface area (Å²) in [7, 11) is 0. The first-order valence-electron chi connectivity index (χ1n) is 10.9. The summed E-state index contributed by atoms with van der Waals surface area (Å²) in [4.78, 5) is 21.9. The number of nitrogens with one attached hydrogen (secondary N) is 1. The van der Waals surface area contributed by atoms with E-state index in [0.717, 1.165) is 24.7 Å². The largest absolute Gasteiger partial charge is 0.338 e. The second-order valence-corrected chi connectivity index (χ2v) is 8.44. The van der Waals surface area contributed by atoms with Gasteiger partial charge in [0.2, 0.25) is 5.91 Å². The molecule has 1 amide bonds. The monoisotopic (exact) mass is 397 g/mol. The zero-order valence-corrected chi connectivity index (χ0v) is 17.0. The topological polar surface area (TPSA) is 90.9 Å². The van der Waals surface area contributed by atoms with Gasteiger partial charge in [0, 0.05) is 38.1 Å². The van der Waals surface area contributed by atoms with E-state index < -0.39 is 0 Å². The van der Waals surface area contributed by atoms with E-state index in [9.17, 15) is 4.79 Å². The van der Waals surface area contributed by atoms with Gasteiger partial charge in [-0.2, -0.15) is 5.21 Å². The van der Waals surface area contributed by atoms with Crippen molar-refractivity contribution in [2.75, 3.05) is 19.6 Å². The zero-order chi connectivity index (χ0) is 19.9. The van der Waals surface area contributed by atoms with Gasteiger partial charge in [0.1, 0.15) is 0 Å². The summed E-state index contributed by atoms with van der Waals surface area (Å²) < 4.78 is 0. The quantitative estimate of drug-likeness (QED) is 0.770. The van der Waals surface area contributed by atoms with E-state index in [0.29, 0.717) is 18.3 Å². The normalized spacial score (nSPS) is 21.2. The fourth-order valence-electron chi connectivity index (χ4n) is 4.81. The number of hydrogen-bond donors (Lipinski definition) is 1. The Labute approximate surface area is 172 Å². The Kier molecular flexibility index (Phi) is 6.82. The molecule has 0 spiro atoms. The van der Waals surface area contributed by atoms with E-state index in [2.05, 4.69) is 30.5 Å².